The van der Waals surface area contributed by atoms with Crippen LogP contribution in [0.15, 0.2) is 53.7 Å². The molecule has 1 aliphatic heterocycles. The summed E-state index contributed by atoms with van der Waals surface area (Å²) in [6.07, 6.45) is 2.97. The minimum Gasteiger partial charge on any atom is -0.492 e. The quantitative estimate of drug-likeness (QED) is 0.913. The molecule has 4 heteroatoms. The zero-order valence-corrected chi connectivity index (χ0v) is 13.0. The third kappa shape index (κ3) is 3.39. The summed E-state index contributed by atoms with van der Waals surface area (Å²) in [5, 5.41) is 5.05. The Hall–Kier alpha value is -1.52. The summed E-state index contributed by atoms with van der Waals surface area (Å²) in [6, 6.07) is 14.7. The van der Waals surface area contributed by atoms with Gasteiger partial charge in [0.15, 0.2) is 0 Å². The van der Waals surface area contributed by atoms with Crippen molar-refractivity contribution in [3.05, 3.63) is 54.2 Å². The van der Waals surface area contributed by atoms with E-state index in [4.69, 9.17) is 4.74 Å². The summed E-state index contributed by atoms with van der Waals surface area (Å²) >= 11 is 1.79. The number of thioether (sulfide) groups is 1. The van der Waals surface area contributed by atoms with Crippen LogP contribution in [0, 0.1) is 0 Å². The Labute approximate surface area is 130 Å². The molecule has 0 saturated heterocycles. The Morgan fingerprint density at radius 1 is 1.24 bits per heavy atom. The minimum absolute atomic E-state index is 0.307. The van der Waals surface area contributed by atoms with Crippen LogP contribution in [0.5, 0.6) is 5.75 Å². The molecule has 2 heterocycles. The topological polar surface area (TPSA) is 34.1 Å². The highest BCUT2D eigenvalue weighted by Gasteiger charge is 2.31. The van der Waals surface area contributed by atoms with Crippen LogP contribution in [-0.2, 0) is 0 Å². The molecule has 0 aliphatic carbocycles. The molecule has 0 radical (unpaired) electrons. The smallest absolute Gasteiger partial charge is 0.124 e. The van der Waals surface area contributed by atoms with E-state index in [9.17, 15) is 0 Å². The maximum absolute atomic E-state index is 5.93. The number of aromatic nitrogens is 1. The van der Waals surface area contributed by atoms with Gasteiger partial charge in [0.2, 0.25) is 0 Å². The number of ether oxygens (including phenoxy) is 1. The van der Waals surface area contributed by atoms with Gasteiger partial charge in [-0.15, -0.1) is 0 Å². The molecule has 1 aromatic heterocycles. The Bertz CT molecular complexity index is 576. The molecular weight excluding hydrogens is 280 g/mol. The standard InChI is InChI=1S/C17H20N2OS/c1-2-10-19-17-13-7-3-4-8-14(13)20-12-15(17)21-16-9-5-6-11-18-16/h3-9,11,15,17,19H,2,10,12H2,1H3. The fraction of sp³-hybridized carbons (Fsp3) is 0.353. The maximum atomic E-state index is 5.93. The van der Waals surface area contributed by atoms with Crippen molar-refractivity contribution in [1.82, 2.24) is 10.3 Å². The van der Waals surface area contributed by atoms with Gasteiger partial charge in [-0.25, -0.2) is 4.98 Å². The number of nitrogens with zero attached hydrogens (tertiary/aromatic N) is 1. The number of hydrogen-bond donors (Lipinski definition) is 1. The zero-order chi connectivity index (χ0) is 14.5. The first kappa shape index (κ1) is 14.4. The summed E-state index contributed by atoms with van der Waals surface area (Å²) in [7, 11) is 0. The van der Waals surface area contributed by atoms with E-state index in [1.54, 1.807) is 11.8 Å². The van der Waals surface area contributed by atoms with Crippen LogP contribution in [0.3, 0.4) is 0 Å². The van der Waals surface area contributed by atoms with E-state index in [1.165, 1.54) is 5.56 Å². The lowest BCUT2D eigenvalue weighted by Crippen LogP contribution is -2.37. The molecule has 110 valence electrons. The highest BCUT2D eigenvalue weighted by Crippen LogP contribution is 2.39. The average Bonchev–Trinajstić information content (AvgIpc) is 2.55. The first-order valence-corrected chi connectivity index (χ1v) is 8.29. The summed E-state index contributed by atoms with van der Waals surface area (Å²) in [4.78, 5) is 4.42. The lowest BCUT2D eigenvalue weighted by atomic mass is 10.00. The van der Waals surface area contributed by atoms with Gasteiger partial charge in [-0.2, -0.15) is 0 Å². The molecule has 0 fully saturated rings. The van der Waals surface area contributed by atoms with E-state index in [-0.39, 0.29) is 0 Å². The molecule has 3 rings (SSSR count). The van der Waals surface area contributed by atoms with Crippen molar-refractivity contribution >= 4 is 11.8 Å². The van der Waals surface area contributed by atoms with Gasteiger partial charge >= 0.3 is 0 Å². The molecule has 2 unspecified atom stereocenters. The van der Waals surface area contributed by atoms with Crippen molar-refractivity contribution in [3.8, 4) is 5.75 Å². The first-order chi connectivity index (χ1) is 10.4. The van der Waals surface area contributed by atoms with Crippen molar-refractivity contribution in [3.63, 3.8) is 0 Å². The van der Waals surface area contributed by atoms with Crippen molar-refractivity contribution < 1.29 is 4.74 Å². The molecule has 1 aromatic carbocycles. The van der Waals surface area contributed by atoms with Gasteiger partial charge in [0, 0.05) is 11.8 Å². The second-order valence-corrected chi connectivity index (χ2v) is 6.36. The van der Waals surface area contributed by atoms with Crippen LogP contribution in [-0.4, -0.2) is 23.4 Å². The zero-order valence-electron chi connectivity index (χ0n) is 12.2. The lowest BCUT2D eigenvalue weighted by molar-refractivity contribution is 0.260. The third-order valence-corrected chi connectivity index (χ3v) is 4.75. The SMILES string of the molecule is CCCNC1c2ccccc2OCC1Sc1ccccn1. The van der Waals surface area contributed by atoms with Crippen LogP contribution in [0.2, 0.25) is 0 Å². The average molecular weight is 300 g/mol. The van der Waals surface area contributed by atoms with E-state index in [0.29, 0.717) is 17.9 Å². The fourth-order valence-electron chi connectivity index (χ4n) is 2.55. The fourth-order valence-corrected chi connectivity index (χ4v) is 3.66. The largest absolute Gasteiger partial charge is 0.492 e. The van der Waals surface area contributed by atoms with Gasteiger partial charge in [-0.1, -0.05) is 43.0 Å². The first-order valence-electron chi connectivity index (χ1n) is 7.41. The van der Waals surface area contributed by atoms with E-state index in [1.807, 2.05) is 24.4 Å². The molecule has 0 bridgehead atoms. The molecule has 2 aromatic rings. The van der Waals surface area contributed by atoms with Gasteiger partial charge in [0.1, 0.15) is 12.4 Å². The van der Waals surface area contributed by atoms with Crippen molar-refractivity contribution in [1.29, 1.82) is 0 Å². The van der Waals surface area contributed by atoms with Crippen LogP contribution in [0.1, 0.15) is 24.9 Å². The molecule has 21 heavy (non-hydrogen) atoms. The number of benzene rings is 1. The van der Waals surface area contributed by atoms with Gasteiger partial charge in [0.25, 0.3) is 0 Å². The molecule has 0 spiro atoms. The Balaban J connectivity index is 1.82. The predicted molar refractivity (Wildman–Crippen MR) is 86.9 cm³/mol. The van der Waals surface area contributed by atoms with Crippen LogP contribution < -0.4 is 10.1 Å². The highest BCUT2D eigenvalue weighted by atomic mass is 32.2. The van der Waals surface area contributed by atoms with Gasteiger partial charge in [0.05, 0.1) is 16.3 Å². The molecule has 3 nitrogen and oxygen atoms in total. The predicted octanol–water partition coefficient (Wildman–Crippen LogP) is 3.68. The van der Waals surface area contributed by atoms with Gasteiger partial charge < -0.3 is 10.1 Å². The monoisotopic (exact) mass is 300 g/mol. The van der Waals surface area contributed by atoms with Gasteiger partial charge in [-0.05, 0) is 31.2 Å². The van der Waals surface area contributed by atoms with Crippen molar-refractivity contribution in [2.75, 3.05) is 13.2 Å². The Kier molecular flexibility index (Phi) is 4.78. The second kappa shape index (κ2) is 6.96. The number of para-hydroxylation sites is 1. The van der Waals surface area contributed by atoms with E-state index in [2.05, 4.69) is 41.5 Å². The normalized spacial score (nSPS) is 20.6. The molecule has 1 N–H and O–H groups in total. The Morgan fingerprint density at radius 2 is 2.10 bits per heavy atom. The van der Waals surface area contributed by atoms with Crippen molar-refractivity contribution in [2.45, 2.75) is 29.7 Å². The van der Waals surface area contributed by atoms with E-state index < -0.39 is 0 Å². The Morgan fingerprint density at radius 3 is 2.90 bits per heavy atom. The summed E-state index contributed by atoms with van der Waals surface area (Å²) in [6.45, 7) is 3.91. The minimum atomic E-state index is 0.307. The third-order valence-electron chi connectivity index (χ3n) is 3.55. The molecule has 2 atom stereocenters. The molecule has 1 aliphatic rings. The molecular formula is C17H20N2OS. The number of hydrogen-bond acceptors (Lipinski definition) is 4. The second-order valence-electron chi connectivity index (χ2n) is 5.10. The van der Waals surface area contributed by atoms with Crippen LogP contribution >= 0.6 is 11.8 Å². The van der Waals surface area contributed by atoms with Crippen LogP contribution in [0.25, 0.3) is 0 Å². The van der Waals surface area contributed by atoms with Crippen LogP contribution in [0.4, 0.5) is 0 Å². The van der Waals surface area contributed by atoms with E-state index >= 15 is 0 Å². The van der Waals surface area contributed by atoms with Gasteiger partial charge in [-0.3, -0.25) is 0 Å². The number of pyridine rings is 1. The summed E-state index contributed by atoms with van der Waals surface area (Å²) in [5.74, 6) is 1.00. The maximum Gasteiger partial charge on any atom is 0.124 e. The summed E-state index contributed by atoms with van der Waals surface area (Å²) < 4.78 is 5.93. The number of nitrogens with one attached hydrogen (secondary N) is 1. The lowest BCUT2D eigenvalue weighted by Gasteiger charge is -2.33. The van der Waals surface area contributed by atoms with Crippen molar-refractivity contribution in [2.24, 2.45) is 0 Å². The highest BCUT2D eigenvalue weighted by molar-refractivity contribution is 7.99. The number of fused-ring (bicyclic) bond motifs is 1. The molecule has 0 amide bonds. The number of rotatable bonds is 5. The molecule has 0 saturated carbocycles. The summed E-state index contributed by atoms with van der Waals surface area (Å²) in [5.41, 5.74) is 1.26. The van der Waals surface area contributed by atoms with E-state index in [0.717, 1.165) is 23.7 Å².